The average Bonchev–Trinajstić information content (AvgIpc) is 3.33. The number of hydrogen-bond acceptors (Lipinski definition) is 4. The number of amides is 2. The number of hydrogen-bond donors (Lipinski definition) is 2. The Bertz CT molecular complexity index is 1180. The molecule has 0 aliphatic heterocycles. The van der Waals surface area contributed by atoms with Gasteiger partial charge < -0.3 is 20.4 Å². The lowest BCUT2D eigenvalue weighted by Crippen LogP contribution is -2.23. The standard InChI is InChI=1S/C24H20N4O3/c25-23(29)17-5-9-20(10-6-17)31-21-11-7-18(8-12-21)24(30)27-15-19-3-1-2-4-22(19)28-14-13-26-16-28/h1-14,16H,15H2,(H2,25,29)(H,27,30). The number of carbonyl (C=O) groups is 2. The van der Waals surface area contributed by atoms with E-state index in [1.54, 1.807) is 61.1 Å². The van der Waals surface area contributed by atoms with Gasteiger partial charge in [0.05, 0.1) is 12.0 Å². The van der Waals surface area contributed by atoms with Crippen molar-refractivity contribution in [1.29, 1.82) is 0 Å². The maximum atomic E-state index is 12.6. The van der Waals surface area contributed by atoms with Crippen LogP contribution < -0.4 is 15.8 Å². The maximum Gasteiger partial charge on any atom is 0.251 e. The van der Waals surface area contributed by atoms with Crippen molar-refractivity contribution < 1.29 is 14.3 Å². The Balaban J connectivity index is 1.38. The third-order valence-electron chi connectivity index (χ3n) is 4.70. The Hall–Kier alpha value is -4.39. The number of carbonyl (C=O) groups excluding carboxylic acids is 2. The van der Waals surface area contributed by atoms with Crippen molar-refractivity contribution in [3.8, 4) is 17.2 Å². The van der Waals surface area contributed by atoms with Gasteiger partial charge in [0.1, 0.15) is 11.5 Å². The molecule has 0 radical (unpaired) electrons. The second-order valence-electron chi connectivity index (χ2n) is 6.80. The zero-order valence-corrected chi connectivity index (χ0v) is 16.6. The summed E-state index contributed by atoms with van der Waals surface area (Å²) in [4.78, 5) is 27.8. The highest BCUT2D eigenvalue weighted by Gasteiger charge is 2.09. The van der Waals surface area contributed by atoms with Gasteiger partial charge in [0.25, 0.3) is 5.91 Å². The lowest BCUT2D eigenvalue weighted by molar-refractivity contribution is 0.0949. The topological polar surface area (TPSA) is 99.2 Å². The number of nitrogens with zero attached hydrogens (tertiary/aromatic N) is 2. The van der Waals surface area contributed by atoms with E-state index in [4.69, 9.17) is 10.5 Å². The van der Waals surface area contributed by atoms with Gasteiger partial charge in [-0.2, -0.15) is 0 Å². The molecule has 0 unspecified atom stereocenters. The molecule has 0 aliphatic rings. The van der Waals surface area contributed by atoms with Gasteiger partial charge >= 0.3 is 0 Å². The Labute approximate surface area is 179 Å². The van der Waals surface area contributed by atoms with Gasteiger partial charge in [0.15, 0.2) is 0 Å². The third-order valence-corrected chi connectivity index (χ3v) is 4.70. The van der Waals surface area contributed by atoms with Crippen LogP contribution in [0.15, 0.2) is 91.5 Å². The first-order valence-electron chi connectivity index (χ1n) is 9.62. The molecule has 7 nitrogen and oxygen atoms in total. The number of imidazole rings is 1. The number of nitrogens with one attached hydrogen (secondary N) is 1. The lowest BCUT2D eigenvalue weighted by Gasteiger charge is -2.11. The summed E-state index contributed by atoms with van der Waals surface area (Å²) in [5, 5.41) is 2.95. The third kappa shape index (κ3) is 4.79. The number of ether oxygens (including phenoxy) is 1. The minimum atomic E-state index is -0.491. The highest BCUT2D eigenvalue weighted by atomic mass is 16.5. The molecule has 0 fully saturated rings. The summed E-state index contributed by atoms with van der Waals surface area (Å²) in [6.45, 7) is 0.387. The molecule has 4 aromatic rings. The molecule has 0 atom stereocenters. The van der Waals surface area contributed by atoms with Gasteiger partial charge in [0.2, 0.25) is 5.91 Å². The molecule has 0 bridgehead atoms. The van der Waals surface area contributed by atoms with Crippen LogP contribution in [0, 0.1) is 0 Å². The molecule has 7 heteroatoms. The summed E-state index contributed by atoms with van der Waals surface area (Å²) in [5.74, 6) is 0.472. The van der Waals surface area contributed by atoms with Crippen molar-refractivity contribution in [2.45, 2.75) is 6.54 Å². The van der Waals surface area contributed by atoms with Crippen molar-refractivity contribution >= 4 is 11.8 Å². The molecule has 1 heterocycles. The largest absolute Gasteiger partial charge is 0.457 e. The van der Waals surface area contributed by atoms with E-state index in [1.807, 2.05) is 35.0 Å². The van der Waals surface area contributed by atoms with Crippen LogP contribution in [0.3, 0.4) is 0 Å². The SMILES string of the molecule is NC(=O)c1ccc(Oc2ccc(C(=O)NCc3ccccc3-n3ccnc3)cc2)cc1. The molecule has 2 amide bonds. The Morgan fingerprint density at radius 3 is 2.16 bits per heavy atom. The summed E-state index contributed by atoms with van der Waals surface area (Å²) in [7, 11) is 0. The van der Waals surface area contributed by atoms with Crippen molar-refractivity contribution in [1.82, 2.24) is 14.9 Å². The van der Waals surface area contributed by atoms with E-state index in [-0.39, 0.29) is 5.91 Å². The maximum absolute atomic E-state index is 12.6. The average molecular weight is 412 g/mol. The minimum Gasteiger partial charge on any atom is -0.457 e. The molecule has 3 N–H and O–H groups in total. The molecule has 0 spiro atoms. The zero-order valence-electron chi connectivity index (χ0n) is 16.6. The predicted octanol–water partition coefficient (Wildman–Crippen LogP) is 3.69. The fourth-order valence-corrected chi connectivity index (χ4v) is 3.09. The molecular formula is C24H20N4O3. The molecule has 0 saturated heterocycles. The molecule has 0 aliphatic carbocycles. The van der Waals surface area contributed by atoms with Gasteiger partial charge in [-0.15, -0.1) is 0 Å². The second kappa shape index (κ2) is 8.96. The summed E-state index contributed by atoms with van der Waals surface area (Å²) in [6.07, 6.45) is 5.30. The highest BCUT2D eigenvalue weighted by Crippen LogP contribution is 2.22. The van der Waals surface area contributed by atoms with Crippen molar-refractivity contribution in [3.63, 3.8) is 0 Å². The quantitative estimate of drug-likeness (QED) is 0.483. The van der Waals surface area contributed by atoms with Crippen LogP contribution in [0.2, 0.25) is 0 Å². The first kappa shape index (κ1) is 19.9. The van der Waals surface area contributed by atoms with E-state index < -0.39 is 5.91 Å². The monoisotopic (exact) mass is 412 g/mol. The van der Waals surface area contributed by atoms with Gasteiger partial charge in [-0.1, -0.05) is 18.2 Å². The molecule has 3 aromatic carbocycles. The number of para-hydroxylation sites is 1. The van der Waals surface area contributed by atoms with Gasteiger partial charge in [-0.25, -0.2) is 4.98 Å². The van der Waals surface area contributed by atoms with Crippen LogP contribution in [0.5, 0.6) is 11.5 Å². The van der Waals surface area contributed by atoms with Crippen molar-refractivity contribution in [3.05, 3.63) is 108 Å². The first-order chi connectivity index (χ1) is 15.1. The van der Waals surface area contributed by atoms with E-state index >= 15 is 0 Å². The number of rotatable bonds is 7. The molecule has 4 rings (SSSR count). The van der Waals surface area contributed by atoms with Crippen LogP contribution in [0.4, 0.5) is 0 Å². The fourth-order valence-electron chi connectivity index (χ4n) is 3.09. The van der Waals surface area contributed by atoms with Crippen LogP contribution >= 0.6 is 0 Å². The van der Waals surface area contributed by atoms with E-state index in [2.05, 4.69) is 10.3 Å². The number of primary amides is 1. The Kier molecular flexibility index (Phi) is 5.75. The molecule has 1 aromatic heterocycles. The normalized spacial score (nSPS) is 10.5. The second-order valence-corrected chi connectivity index (χ2v) is 6.80. The summed E-state index contributed by atoms with van der Waals surface area (Å²) in [5.41, 5.74) is 8.11. The summed E-state index contributed by atoms with van der Waals surface area (Å²) < 4.78 is 7.65. The van der Waals surface area contributed by atoms with Crippen LogP contribution in [0.1, 0.15) is 26.3 Å². The molecule has 31 heavy (non-hydrogen) atoms. The lowest BCUT2D eigenvalue weighted by atomic mass is 10.1. The minimum absolute atomic E-state index is 0.183. The molecule has 0 saturated carbocycles. The van der Waals surface area contributed by atoms with Gasteiger partial charge in [-0.05, 0) is 60.2 Å². The molecular weight excluding hydrogens is 392 g/mol. The van der Waals surface area contributed by atoms with E-state index in [0.717, 1.165) is 11.3 Å². The predicted molar refractivity (Wildman–Crippen MR) is 116 cm³/mol. The van der Waals surface area contributed by atoms with Crippen molar-refractivity contribution in [2.75, 3.05) is 0 Å². The number of benzene rings is 3. The Morgan fingerprint density at radius 2 is 1.55 bits per heavy atom. The van der Waals surface area contributed by atoms with E-state index in [9.17, 15) is 9.59 Å². The number of aromatic nitrogens is 2. The van der Waals surface area contributed by atoms with Crippen LogP contribution in [-0.2, 0) is 6.54 Å². The van der Waals surface area contributed by atoms with Gasteiger partial charge in [-0.3, -0.25) is 9.59 Å². The fraction of sp³-hybridized carbons (Fsp3) is 0.0417. The summed E-state index contributed by atoms with van der Waals surface area (Å²) >= 11 is 0. The zero-order chi connectivity index (χ0) is 21.6. The van der Waals surface area contributed by atoms with E-state index in [0.29, 0.717) is 29.2 Å². The molecule has 154 valence electrons. The van der Waals surface area contributed by atoms with Gasteiger partial charge in [0, 0.05) is 30.1 Å². The summed E-state index contributed by atoms with van der Waals surface area (Å²) in [6, 6.07) is 21.2. The van der Waals surface area contributed by atoms with Crippen LogP contribution in [0.25, 0.3) is 5.69 Å². The first-order valence-corrected chi connectivity index (χ1v) is 9.62. The number of nitrogens with two attached hydrogens (primary N) is 1. The van der Waals surface area contributed by atoms with Crippen molar-refractivity contribution in [2.24, 2.45) is 5.73 Å². The van der Waals surface area contributed by atoms with Crippen LogP contribution in [-0.4, -0.2) is 21.4 Å². The van der Waals surface area contributed by atoms with E-state index in [1.165, 1.54) is 0 Å². The smallest absolute Gasteiger partial charge is 0.251 e. The Morgan fingerprint density at radius 1 is 0.903 bits per heavy atom. The highest BCUT2D eigenvalue weighted by molar-refractivity contribution is 5.94.